The predicted molar refractivity (Wildman–Crippen MR) is 72.3 cm³/mol. The number of anilines is 1. The Labute approximate surface area is 112 Å². The summed E-state index contributed by atoms with van der Waals surface area (Å²) in [5.74, 6) is 0. The molecule has 0 radical (unpaired) electrons. The van der Waals surface area contributed by atoms with Gasteiger partial charge in [0.15, 0.2) is 0 Å². The fourth-order valence-corrected chi connectivity index (χ4v) is 1.84. The van der Waals surface area contributed by atoms with Crippen molar-refractivity contribution >= 4 is 5.69 Å². The molecule has 0 bridgehead atoms. The molecule has 6 heteroatoms. The van der Waals surface area contributed by atoms with Gasteiger partial charge in [-0.2, -0.15) is 0 Å². The summed E-state index contributed by atoms with van der Waals surface area (Å²) in [6.45, 7) is 0.215. The van der Waals surface area contributed by atoms with Gasteiger partial charge in [-0.15, -0.1) is 5.10 Å². The van der Waals surface area contributed by atoms with Gasteiger partial charge in [-0.05, 0) is 24.3 Å². The van der Waals surface area contributed by atoms with E-state index in [2.05, 4.69) is 10.3 Å². The van der Waals surface area contributed by atoms with Crippen LogP contribution in [0.25, 0.3) is 5.69 Å². The number of hydrogen-bond acceptors (Lipinski definition) is 5. The molecule has 102 valence electrons. The van der Waals surface area contributed by atoms with Crippen molar-refractivity contribution in [3.05, 3.63) is 35.7 Å². The van der Waals surface area contributed by atoms with Crippen LogP contribution < -0.4 is 4.90 Å². The highest BCUT2D eigenvalue weighted by atomic mass is 16.5. The Morgan fingerprint density at radius 2 is 1.95 bits per heavy atom. The second kappa shape index (κ2) is 5.81. The number of nitrogens with zero attached hydrogens (tertiary/aromatic N) is 4. The minimum atomic E-state index is -0.144. The van der Waals surface area contributed by atoms with Gasteiger partial charge in [0, 0.05) is 26.9 Å². The van der Waals surface area contributed by atoms with E-state index in [1.807, 2.05) is 43.3 Å². The second-order valence-corrected chi connectivity index (χ2v) is 4.40. The largest absolute Gasteiger partial charge is 0.390 e. The third-order valence-electron chi connectivity index (χ3n) is 2.89. The van der Waals surface area contributed by atoms with Crippen molar-refractivity contribution in [2.24, 2.45) is 0 Å². The molecule has 0 unspecified atom stereocenters. The highest BCUT2D eigenvalue weighted by Crippen LogP contribution is 2.18. The number of ether oxygens (including phenoxy) is 1. The van der Waals surface area contributed by atoms with Crippen LogP contribution in [0.15, 0.2) is 24.3 Å². The molecule has 2 aromatic rings. The van der Waals surface area contributed by atoms with Crippen LogP contribution >= 0.6 is 0 Å². The van der Waals surface area contributed by atoms with Gasteiger partial charge < -0.3 is 14.7 Å². The second-order valence-electron chi connectivity index (χ2n) is 4.40. The smallest absolute Gasteiger partial charge is 0.114 e. The van der Waals surface area contributed by atoms with E-state index in [0.717, 1.165) is 17.1 Å². The van der Waals surface area contributed by atoms with E-state index in [-0.39, 0.29) is 6.61 Å². The molecule has 1 aromatic heterocycles. The predicted octanol–water partition coefficient (Wildman–Crippen LogP) is 0.972. The number of aromatic nitrogens is 3. The van der Waals surface area contributed by atoms with Crippen molar-refractivity contribution in [2.45, 2.75) is 13.2 Å². The van der Waals surface area contributed by atoms with Crippen molar-refractivity contribution < 1.29 is 9.84 Å². The van der Waals surface area contributed by atoms with Gasteiger partial charge >= 0.3 is 0 Å². The minimum Gasteiger partial charge on any atom is -0.390 e. The van der Waals surface area contributed by atoms with Crippen LogP contribution in [0.3, 0.4) is 0 Å². The number of methoxy groups -OCH3 is 1. The Bertz CT molecular complexity index is 534. The summed E-state index contributed by atoms with van der Waals surface area (Å²) in [7, 11) is 5.59. The zero-order valence-corrected chi connectivity index (χ0v) is 11.4. The van der Waals surface area contributed by atoms with Gasteiger partial charge in [0.2, 0.25) is 0 Å². The SMILES string of the molecule is COCc1c(CO)nnn1-c1ccc(N(C)C)cc1. The molecule has 1 heterocycles. The lowest BCUT2D eigenvalue weighted by atomic mass is 10.2. The van der Waals surface area contributed by atoms with Crippen LogP contribution in [0.2, 0.25) is 0 Å². The van der Waals surface area contributed by atoms with E-state index in [4.69, 9.17) is 4.74 Å². The summed E-state index contributed by atoms with van der Waals surface area (Å²) >= 11 is 0. The van der Waals surface area contributed by atoms with Gasteiger partial charge in [-0.25, -0.2) is 4.68 Å². The van der Waals surface area contributed by atoms with E-state index in [0.29, 0.717) is 12.3 Å². The Morgan fingerprint density at radius 1 is 1.26 bits per heavy atom. The first-order valence-corrected chi connectivity index (χ1v) is 5.98. The van der Waals surface area contributed by atoms with E-state index in [1.165, 1.54) is 0 Å². The molecule has 1 aromatic carbocycles. The Hall–Kier alpha value is -1.92. The average molecular weight is 262 g/mol. The van der Waals surface area contributed by atoms with Crippen LogP contribution in [0.1, 0.15) is 11.4 Å². The number of aliphatic hydroxyl groups excluding tert-OH is 1. The van der Waals surface area contributed by atoms with Crippen LogP contribution in [0.5, 0.6) is 0 Å². The quantitative estimate of drug-likeness (QED) is 0.870. The molecular formula is C13H18N4O2. The first-order valence-electron chi connectivity index (χ1n) is 5.98. The molecule has 6 nitrogen and oxygen atoms in total. The maximum atomic E-state index is 9.24. The van der Waals surface area contributed by atoms with Gasteiger partial charge in [-0.3, -0.25) is 0 Å². The summed E-state index contributed by atoms with van der Waals surface area (Å²) < 4.78 is 6.82. The van der Waals surface area contributed by atoms with Crippen LogP contribution in [-0.2, 0) is 18.0 Å². The first kappa shape index (κ1) is 13.5. The molecule has 0 aliphatic carbocycles. The molecule has 0 saturated heterocycles. The monoisotopic (exact) mass is 262 g/mol. The van der Waals surface area contributed by atoms with E-state index < -0.39 is 0 Å². The lowest BCUT2D eigenvalue weighted by Gasteiger charge is -2.13. The summed E-state index contributed by atoms with van der Waals surface area (Å²) in [4.78, 5) is 2.03. The van der Waals surface area contributed by atoms with Crippen LogP contribution in [-0.4, -0.2) is 41.3 Å². The van der Waals surface area contributed by atoms with Gasteiger partial charge in [-0.1, -0.05) is 5.21 Å². The Kier molecular flexibility index (Phi) is 4.13. The minimum absolute atomic E-state index is 0.144. The molecule has 0 aliphatic rings. The molecule has 2 rings (SSSR count). The van der Waals surface area contributed by atoms with E-state index >= 15 is 0 Å². The molecule has 0 amide bonds. The summed E-state index contributed by atoms with van der Waals surface area (Å²) in [5.41, 5.74) is 3.31. The molecule has 0 aliphatic heterocycles. The van der Waals surface area contributed by atoms with Crippen molar-refractivity contribution in [3.8, 4) is 5.69 Å². The maximum Gasteiger partial charge on any atom is 0.114 e. The van der Waals surface area contributed by atoms with Crippen molar-refractivity contribution in [2.75, 3.05) is 26.1 Å². The van der Waals surface area contributed by atoms with Crippen molar-refractivity contribution in [3.63, 3.8) is 0 Å². The fraction of sp³-hybridized carbons (Fsp3) is 0.385. The zero-order valence-electron chi connectivity index (χ0n) is 11.4. The molecular weight excluding hydrogens is 244 g/mol. The van der Waals surface area contributed by atoms with Gasteiger partial charge in [0.05, 0.1) is 24.6 Å². The topological polar surface area (TPSA) is 63.4 Å². The summed E-state index contributed by atoms with van der Waals surface area (Å²) in [6.07, 6.45) is 0. The number of aliphatic hydroxyl groups is 1. The van der Waals surface area contributed by atoms with E-state index in [9.17, 15) is 5.11 Å². The van der Waals surface area contributed by atoms with Crippen LogP contribution in [0, 0.1) is 0 Å². The molecule has 0 atom stereocenters. The third kappa shape index (κ3) is 2.74. The number of hydrogen-bond donors (Lipinski definition) is 1. The molecule has 1 N–H and O–H groups in total. The van der Waals surface area contributed by atoms with Crippen molar-refractivity contribution in [1.29, 1.82) is 0 Å². The fourth-order valence-electron chi connectivity index (χ4n) is 1.84. The summed E-state index contributed by atoms with van der Waals surface area (Å²) in [5, 5.41) is 17.3. The molecule has 0 saturated carbocycles. The van der Waals surface area contributed by atoms with Crippen molar-refractivity contribution in [1.82, 2.24) is 15.0 Å². The average Bonchev–Trinajstić information content (AvgIpc) is 2.82. The maximum absolute atomic E-state index is 9.24. The Balaban J connectivity index is 2.38. The molecule has 0 spiro atoms. The lowest BCUT2D eigenvalue weighted by molar-refractivity contribution is 0.175. The summed E-state index contributed by atoms with van der Waals surface area (Å²) in [6, 6.07) is 7.94. The molecule has 0 fully saturated rings. The highest BCUT2D eigenvalue weighted by molar-refractivity contribution is 5.50. The van der Waals surface area contributed by atoms with Gasteiger partial charge in [0.25, 0.3) is 0 Å². The highest BCUT2D eigenvalue weighted by Gasteiger charge is 2.13. The molecule has 19 heavy (non-hydrogen) atoms. The van der Waals surface area contributed by atoms with E-state index in [1.54, 1.807) is 11.8 Å². The first-order chi connectivity index (χ1) is 9.17. The zero-order chi connectivity index (χ0) is 13.8. The Morgan fingerprint density at radius 3 is 2.47 bits per heavy atom. The standard InChI is InChI=1S/C13H18N4O2/c1-16(2)10-4-6-11(7-5-10)17-13(9-19-3)12(8-18)14-15-17/h4-7,18H,8-9H2,1-3H3. The lowest BCUT2D eigenvalue weighted by Crippen LogP contribution is -2.09. The van der Waals surface area contributed by atoms with Crippen LogP contribution in [0.4, 0.5) is 5.69 Å². The number of rotatable bonds is 5. The normalized spacial score (nSPS) is 10.7. The third-order valence-corrected chi connectivity index (χ3v) is 2.89. The number of benzene rings is 1. The van der Waals surface area contributed by atoms with Gasteiger partial charge in [0.1, 0.15) is 5.69 Å².